The molecule has 13 nitrogen and oxygen atoms in total. The van der Waals surface area contributed by atoms with E-state index in [-0.39, 0.29) is 78.4 Å². The number of unbranched alkanes of at least 4 members (excludes halogenated alkanes) is 2. The summed E-state index contributed by atoms with van der Waals surface area (Å²) in [6.45, 7) is 21.2. The molecule has 71 heavy (non-hydrogen) atoms. The summed E-state index contributed by atoms with van der Waals surface area (Å²) in [5, 5.41) is 16.3. The van der Waals surface area contributed by atoms with Crippen LogP contribution in [-0.2, 0) is 33.4 Å². The summed E-state index contributed by atoms with van der Waals surface area (Å²) in [7, 11) is 6.49. The second kappa shape index (κ2) is 29.4. The van der Waals surface area contributed by atoms with E-state index in [9.17, 15) is 29.1 Å². The Morgan fingerprint density at radius 1 is 0.690 bits per heavy atom. The van der Waals surface area contributed by atoms with Crippen molar-refractivity contribution >= 4 is 29.6 Å². The van der Waals surface area contributed by atoms with Crippen molar-refractivity contribution in [1.29, 1.82) is 0 Å². The van der Waals surface area contributed by atoms with Gasteiger partial charge in [0.2, 0.25) is 17.7 Å². The van der Waals surface area contributed by atoms with E-state index in [2.05, 4.69) is 48.7 Å². The van der Waals surface area contributed by atoms with Gasteiger partial charge in [-0.3, -0.25) is 24.1 Å². The molecule has 3 aromatic rings. The first-order chi connectivity index (χ1) is 33.7. The number of rotatable bonds is 26. The standard InChI is InChI=1S/C37H53N3O6.C21H35NO3/c1-11-24(6)34(31(45-10)20-25(7)41)39(8)36(43)32(22(2)3)38-35(42)33(23(4)5)40(9)37(44)46-21-30-28-18-14-12-16-26(28)27-17-13-15-19-29(27)30;1-6-7-9-12-15(2)20(25-5)16(3)21(24)22-17(4)19(23)18-13-10-8-11-14-18/h12-19,22-24,30-34H,11,20-21H2,1-10H3,(H,38,42);8,10-11,13-17,19-20,23H,6-7,9,12H2,1-5H3,(H,22,24). The first kappa shape index (κ1) is 60.2. The average Bonchev–Trinajstić information content (AvgIpc) is 3.67. The van der Waals surface area contributed by atoms with E-state index in [0.29, 0.717) is 5.92 Å². The second-order valence-corrected chi connectivity index (χ2v) is 20.5. The molecule has 0 fully saturated rings. The van der Waals surface area contributed by atoms with Crippen LogP contribution in [0, 0.1) is 29.6 Å². The second-order valence-electron chi connectivity index (χ2n) is 20.5. The normalized spacial score (nSPS) is 16.3. The Bertz CT molecular complexity index is 2090. The molecule has 3 N–H and O–H groups in total. The smallest absolute Gasteiger partial charge is 0.410 e. The first-order valence-corrected chi connectivity index (χ1v) is 25.9. The molecule has 1 aliphatic carbocycles. The number of ketones is 1. The highest BCUT2D eigenvalue weighted by atomic mass is 16.6. The predicted octanol–water partition coefficient (Wildman–Crippen LogP) is 9.99. The minimum atomic E-state index is -0.871. The highest BCUT2D eigenvalue weighted by molar-refractivity contribution is 5.92. The molecule has 0 radical (unpaired) electrons. The molecule has 10 atom stereocenters. The van der Waals surface area contributed by atoms with Crippen molar-refractivity contribution in [2.45, 2.75) is 163 Å². The molecule has 0 saturated heterocycles. The summed E-state index contributed by atoms with van der Waals surface area (Å²) in [4.78, 5) is 68.9. The van der Waals surface area contributed by atoms with Crippen LogP contribution in [0.2, 0.25) is 0 Å². The van der Waals surface area contributed by atoms with Gasteiger partial charge in [0.15, 0.2) is 0 Å². The van der Waals surface area contributed by atoms with Gasteiger partial charge in [-0.15, -0.1) is 0 Å². The maximum absolute atomic E-state index is 14.0. The van der Waals surface area contributed by atoms with Crippen LogP contribution in [0.1, 0.15) is 143 Å². The number of hydrogen-bond acceptors (Lipinski definition) is 9. The number of hydrogen-bond donors (Lipinski definition) is 3. The lowest BCUT2D eigenvalue weighted by Crippen LogP contribution is -2.60. The Morgan fingerprint density at radius 2 is 1.25 bits per heavy atom. The zero-order valence-electron chi connectivity index (χ0n) is 45.6. The molecular weight excluding hydrogens is 897 g/mol. The van der Waals surface area contributed by atoms with E-state index in [0.717, 1.165) is 47.1 Å². The third kappa shape index (κ3) is 16.5. The monoisotopic (exact) mass is 985 g/mol. The van der Waals surface area contributed by atoms with E-state index in [1.54, 1.807) is 33.2 Å². The number of carbonyl (C=O) groups excluding carboxylic acids is 5. The lowest BCUT2D eigenvalue weighted by atomic mass is 9.88. The zero-order chi connectivity index (χ0) is 53.1. The van der Waals surface area contributed by atoms with Crippen LogP contribution < -0.4 is 10.6 Å². The van der Waals surface area contributed by atoms with Gasteiger partial charge >= 0.3 is 6.09 Å². The lowest BCUT2D eigenvalue weighted by molar-refractivity contribution is -0.144. The van der Waals surface area contributed by atoms with Crippen molar-refractivity contribution in [2.75, 3.05) is 34.9 Å². The molecule has 0 bridgehead atoms. The van der Waals surface area contributed by atoms with Crippen LogP contribution in [0.15, 0.2) is 78.9 Å². The van der Waals surface area contributed by atoms with Gasteiger partial charge in [0.05, 0.1) is 36.3 Å². The van der Waals surface area contributed by atoms with Gasteiger partial charge in [0.25, 0.3) is 0 Å². The fourth-order valence-corrected chi connectivity index (χ4v) is 10.1. The van der Waals surface area contributed by atoms with E-state index in [1.807, 2.05) is 110 Å². The minimum Gasteiger partial charge on any atom is -0.448 e. The van der Waals surface area contributed by atoms with E-state index in [1.165, 1.54) is 24.7 Å². The number of likely N-dealkylation sites (N-methyl/N-ethyl adjacent to an activating group) is 2. The maximum Gasteiger partial charge on any atom is 0.410 e. The van der Waals surface area contributed by atoms with Crippen molar-refractivity contribution in [3.05, 3.63) is 95.6 Å². The molecule has 13 heteroatoms. The quantitative estimate of drug-likeness (QED) is 0.0665. The third-order valence-corrected chi connectivity index (χ3v) is 14.4. The molecule has 0 heterocycles. The average molecular weight is 985 g/mol. The molecule has 3 aromatic carbocycles. The topological polar surface area (TPSA) is 164 Å². The molecule has 4 rings (SSSR count). The molecule has 0 saturated carbocycles. The summed E-state index contributed by atoms with van der Waals surface area (Å²) in [5.41, 5.74) is 5.29. The highest BCUT2D eigenvalue weighted by Crippen LogP contribution is 2.44. The number of fused-ring (bicyclic) bond motifs is 3. The Morgan fingerprint density at radius 3 is 1.75 bits per heavy atom. The Balaban J connectivity index is 0.000000450. The molecule has 1 aliphatic rings. The van der Waals surface area contributed by atoms with Gasteiger partial charge in [0, 0.05) is 40.7 Å². The number of aliphatic hydroxyl groups is 1. The summed E-state index contributed by atoms with van der Waals surface area (Å²) < 4.78 is 17.2. The van der Waals surface area contributed by atoms with Crippen molar-refractivity contribution in [1.82, 2.24) is 20.4 Å². The highest BCUT2D eigenvalue weighted by Gasteiger charge is 2.40. The summed E-state index contributed by atoms with van der Waals surface area (Å²) >= 11 is 0. The largest absolute Gasteiger partial charge is 0.448 e. The number of amides is 4. The first-order valence-electron chi connectivity index (χ1n) is 25.9. The van der Waals surface area contributed by atoms with Crippen LogP contribution in [0.4, 0.5) is 4.79 Å². The van der Waals surface area contributed by atoms with Gasteiger partial charge in [-0.05, 0) is 71.8 Å². The molecule has 0 spiro atoms. The summed E-state index contributed by atoms with van der Waals surface area (Å²) in [6.07, 6.45) is 3.66. The fraction of sp³-hybridized carbons (Fsp3) is 0.603. The molecular formula is C58H88N4O9. The van der Waals surface area contributed by atoms with Gasteiger partial charge < -0.3 is 34.9 Å². The number of nitrogens with one attached hydrogen (secondary N) is 2. The minimum absolute atomic E-state index is 0.0224. The number of nitrogens with zero attached hydrogens (tertiary/aromatic N) is 2. The predicted molar refractivity (Wildman–Crippen MR) is 283 cm³/mol. The number of Topliss-reactive ketones (excluding diaryl/α,β-unsaturated/α-hetero) is 1. The molecule has 394 valence electrons. The number of carbonyl (C=O) groups is 5. The Kier molecular flexibility index (Phi) is 24.9. The molecule has 10 unspecified atom stereocenters. The van der Waals surface area contributed by atoms with E-state index in [4.69, 9.17) is 14.2 Å². The van der Waals surface area contributed by atoms with Crippen molar-refractivity contribution in [3.8, 4) is 11.1 Å². The van der Waals surface area contributed by atoms with Gasteiger partial charge in [-0.1, -0.05) is 167 Å². The number of ether oxygens (including phenoxy) is 3. The van der Waals surface area contributed by atoms with Crippen LogP contribution >= 0.6 is 0 Å². The zero-order valence-corrected chi connectivity index (χ0v) is 45.6. The summed E-state index contributed by atoms with van der Waals surface area (Å²) in [6, 6.07) is 23.2. The van der Waals surface area contributed by atoms with Crippen molar-refractivity contribution < 1.29 is 43.3 Å². The molecule has 0 aromatic heterocycles. The van der Waals surface area contributed by atoms with Crippen LogP contribution in [0.25, 0.3) is 11.1 Å². The Labute approximate surface area is 426 Å². The van der Waals surface area contributed by atoms with E-state index >= 15 is 0 Å². The number of methoxy groups -OCH3 is 2. The maximum atomic E-state index is 14.0. The van der Waals surface area contributed by atoms with Gasteiger partial charge in [0.1, 0.15) is 24.5 Å². The van der Waals surface area contributed by atoms with Crippen molar-refractivity contribution in [3.63, 3.8) is 0 Å². The van der Waals surface area contributed by atoms with E-state index < -0.39 is 36.3 Å². The SMILES string of the molecule is CCC(C)C(C(CC(C)=O)OC)N(C)C(=O)C(NC(=O)C(C(C)C)N(C)C(=O)OCC1c2ccccc2-c2ccccc21)C(C)C.CCCCCC(C)C(OC)C(C)C(=O)NC(C)C(O)c1ccccc1. The number of benzene rings is 3. The Hall–Kier alpha value is -5.11. The van der Waals surface area contributed by atoms with Crippen LogP contribution in [0.3, 0.4) is 0 Å². The third-order valence-electron chi connectivity index (χ3n) is 14.4. The van der Waals surface area contributed by atoms with Crippen molar-refractivity contribution in [2.24, 2.45) is 29.6 Å². The molecule has 4 amide bonds. The van der Waals surface area contributed by atoms with Crippen LogP contribution in [-0.4, -0.2) is 116 Å². The fourth-order valence-electron chi connectivity index (χ4n) is 10.1. The lowest BCUT2D eigenvalue weighted by Gasteiger charge is -2.40. The van der Waals surface area contributed by atoms with Gasteiger partial charge in [-0.2, -0.15) is 0 Å². The molecule has 0 aliphatic heterocycles. The summed E-state index contributed by atoms with van der Waals surface area (Å²) in [5.74, 6) is -1.28. The van der Waals surface area contributed by atoms with Gasteiger partial charge in [-0.25, -0.2) is 4.79 Å². The number of aliphatic hydroxyl groups excluding tert-OH is 1. The van der Waals surface area contributed by atoms with Crippen LogP contribution in [0.5, 0.6) is 0 Å².